The molecule has 2 aliphatic rings. The molecule has 166 valence electrons. The van der Waals surface area contributed by atoms with Gasteiger partial charge in [0.25, 0.3) is 11.7 Å². The van der Waals surface area contributed by atoms with Gasteiger partial charge in [-0.25, -0.2) is 0 Å². The number of benzene rings is 3. The minimum Gasteiger partial charge on any atom is -0.507 e. The Morgan fingerprint density at radius 2 is 1.82 bits per heavy atom. The number of aryl methyl sites for hydroxylation is 1. The molecule has 1 N–H and O–H groups in total. The summed E-state index contributed by atoms with van der Waals surface area (Å²) in [5.41, 5.74) is 3.46. The Balaban J connectivity index is 1.73. The summed E-state index contributed by atoms with van der Waals surface area (Å²) in [4.78, 5) is 27.9. The minimum atomic E-state index is -0.826. The molecule has 1 unspecified atom stereocenters. The number of halogens is 2. The van der Waals surface area contributed by atoms with Gasteiger partial charge in [-0.05, 0) is 60.0 Å². The second kappa shape index (κ2) is 8.25. The molecule has 1 fully saturated rings. The number of aliphatic hydroxyl groups excluding tert-OH is 1. The molecule has 33 heavy (non-hydrogen) atoms. The number of carbonyl (C=O) groups is 2. The highest BCUT2D eigenvalue weighted by molar-refractivity contribution is 6.52. The van der Waals surface area contributed by atoms with Gasteiger partial charge in [0.15, 0.2) is 0 Å². The summed E-state index contributed by atoms with van der Waals surface area (Å²) in [5.74, 6) is -0.964. The molecule has 0 aliphatic carbocycles. The van der Waals surface area contributed by atoms with E-state index in [9.17, 15) is 14.7 Å². The van der Waals surface area contributed by atoms with Crippen LogP contribution < -0.4 is 9.64 Å². The van der Waals surface area contributed by atoms with E-state index in [4.69, 9.17) is 27.9 Å². The summed E-state index contributed by atoms with van der Waals surface area (Å²) < 4.78 is 5.55. The lowest BCUT2D eigenvalue weighted by atomic mass is 9.92. The quantitative estimate of drug-likeness (QED) is 0.290. The number of ketones is 1. The summed E-state index contributed by atoms with van der Waals surface area (Å²) in [7, 11) is 0. The number of amides is 1. The lowest BCUT2D eigenvalue weighted by Crippen LogP contribution is -2.29. The van der Waals surface area contributed by atoms with E-state index in [-0.39, 0.29) is 16.4 Å². The highest BCUT2D eigenvalue weighted by Crippen LogP contribution is 2.44. The molecule has 7 heteroatoms. The van der Waals surface area contributed by atoms with Crippen molar-refractivity contribution in [2.24, 2.45) is 0 Å². The second-order valence-electron chi connectivity index (χ2n) is 8.05. The summed E-state index contributed by atoms with van der Waals surface area (Å²) in [5, 5.41) is 11.9. The van der Waals surface area contributed by atoms with Crippen LogP contribution in [0.3, 0.4) is 0 Å². The number of carbonyl (C=O) groups excluding carboxylic acids is 2. The number of aliphatic hydroxyl groups is 1. The first-order chi connectivity index (χ1) is 15.9. The number of Topliss-reactive ketones (excluding diaryl/α,β-unsaturated/α-hetero) is 1. The Morgan fingerprint density at radius 3 is 2.58 bits per heavy atom. The van der Waals surface area contributed by atoms with Crippen LogP contribution in [0.5, 0.6) is 5.75 Å². The summed E-state index contributed by atoms with van der Waals surface area (Å²) in [6.45, 7) is 2.47. The molecule has 1 saturated heterocycles. The Hall–Kier alpha value is -3.28. The maximum Gasteiger partial charge on any atom is 0.300 e. The van der Waals surface area contributed by atoms with Crippen molar-refractivity contribution in [3.05, 3.63) is 98.5 Å². The van der Waals surface area contributed by atoms with Crippen LogP contribution in [-0.4, -0.2) is 23.4 Å². The molecule has 5 nitrogen and oxygen atoms in total. The molecule has 0 radical (unpaired) electrons. The van der Waals surface area contributed by atoms with E-state index in [0.29, 0.717) is 22.9 Å². The van der Waals surface area contributed by atoms with E-state index in [0.717, 1.165) is 28.9 Å². The Bertz CT molecular complexity index is 1350. The van der Waals surface area contributed by atoms with Gasteiger partial charge in [-0.3, -0.25) is 14.5 Å². The van der Waals surface area contributed by atoms with Crippen LogP contribution >= 0.6 is 23.2 Å². The second-order valence-corrected chi connectivity index (χ2v) is 8.86. The summed E-state index contributed by atoms with van der Waals surface area (Å²) >= 11 is 12.3. The third-order valence-corrected chi connectivity index (χ3v) is 6.81. The predicted octanol–water partition coefficient (Wildman–Crippen LogP) is 5.86. The van der Waals surface area contributed by atoms with Crippen molar-refractivity contribution in [2.45, 2.75) is 19.4 Å². The van der Waals surface area contributed by atoms with E-state index < -0.39 is 17.7 Å². The van der Waals surface area contributed by atoms with E-state index in [1.165, 1.54) is 4.90 Å². The summed E-state index contributed by atoms with van der Waals surface area (Å²) in [6, 6.07) is 16.7. The zero-order chi connectivity index (χ0) is 23.3. The smallest absolute Gasteiger partial charge is 0.300 e. The molecule has 1 amide bonds. The zero-order valence-corrected chi connectivity index (χ0v) is 19.2. The minimum absolute atomic E-state index is 0.0271. The van der Waals surface area contributed by atoms with E-state index in [1.807, 2.05) is 31.2 Å². The number of nitrogens with zero attached hydrogens (tertiary/aromatic N) is 1. The van der Waals surface area contributed by atoms with Gasteiger partial charge < -0.3 is 9.84 Å². The lowest BCUT2D eigenvalue weighted by molar-refractivity contribution is -0.132. The number of ether oxygens (including phenoxy) is 1. The van der Waals surface area contributed by atoms with Crippen molar-refractivity contribution in [1.82, 2.24) is 0 Å². The lowest BCUT2D eigenvalue weighted by Gasteiger charge is -2.27. The number of hydrogen-bond acceptors (Lipinski definition) is 4. The van der Waals surface area contributed by atoms with Crippen molar-refractivity contribution < 1.29 is 19.4 Å². The highest BCUT2D eigenvalue weighted by Gasteiger charge is 2.47. The van der Waals surface area contributed by atoms with E-state index >= 15 is 0 Å². The maximum atomic E-state index is 13.3. The maximum absolute atomic E-state index is 13.3. The number of fused-ring (bicyclic) bond motifs is 1. The number of anilines is 1. The fourth-order valence-electron chi connectivity index (χ4n) is 4.41. The average molecular weight is 480 g/mol. The first kappa shape index (κ1) is 21.6. The molecule has 3 aromatic rings. The molecule has 3 aromatic carbocycles. The molecule has 0 saturated carbocycles. The van der Waals surface area contributed by atoms with Gasteiger partial charge in [0.2, 0.25) is 0 Å². The van der Waals surface area contributed by atoms with Gasteiger partial charge in [0, 0.05) is 17.7 Å². The SMILES string of the molecule is Cc1ccccc1C1/C(=C(\O)c2ccc3c(c2)CCO3)C(=O)C(=O)N1c1ccc(Cl)c(Cl)c1. The van der Waals surface area contributed by atoms with Crippen molar-refractivity contribution in [3.63, 3.8) is 0 Å². The van der Waals surface area contributed by atoms with Crippen LogP contribution in [0.4, 0.5) is 5.69 Å². The third-order valence-electron chi connectivity index (χ3n) is 6.07. The molecule has 0 spiro atoms. The van der Waals surface area contributed by atoms with Crippen molar-refractivity contribution in [3.8, 4) is 5.75 Å². The zero-order valence-electron chi connectivity index (χ0n) is 17.6. The fourth-order valence-corrected chi connectivity index (χ4v) is 4.70. The van der Waals surface area contributed by atoms with Gasteiger partial charge in [-0.2, -0.15) is 0 Å². The van der Waals surface area contributed by atoms with Crippen LogP contribution in [0.25, 0.3) is 5.76 Å². The van der Waals surface area contributed by atoms with Crippen molar-refractivity contribution in [1.29, 1.82) is 0 Å². The number of hydrogen-bond donors (Lipinski definition) is 1. The topological polar surface area (TPSA) is 66.8 Å². The first-order valence-corrected chi connectivity index (χ1v) is 11.2. The van der Waals surface area contributed by atoms with Crippen LogP contribution in [0.15, 0.2) is 66.2 Å². The predicted molar refractivity (Wildman–Crippen MR) is 128 cm³/mol. The molecule has 2 heterocycles. The first-order valence-electron chi connectivity index (χ1n) is 10.4. The fraction of sp³-hybridized carbons (Fsp3) is 0.154. The average Bonchev–Trinajstić information content (AvgIpc) is 3.38. The van der Waals surface area contributed by atoms with Crippen LogP contribution in [0.1, 0.15) is 28.3 Å². The molecule has 1 atom stereocenters. The van der Waals surface area contributed by atoms with Crippen molar-refractivity contribution >= 4 is 46.3 Å². The highest BCUT2D eigenvalue weighted by atomic mass is 35.5. The van der Waals surface area contributed by atoms with Gasteiger partial charge in [0.1, 0.15) is 11.5 Å². The standard InChI is InChI=1S/C26H19Cl2NO4/c1-14-4-2-3-5-18(14)23-22(24(30)16-6-9-21-15(12-16)10-11-33-21)25(31)26(32)29(23)17-7-8-19(27)20(28)13-17/h2-9,12-13,23,30H,10-11H2,1H3/b24-22+. The summed E-state index contributed by atoms with van der Waals surface area (Å²) in [6.07, 6.45) is 0.718. The third kappa shape index (κ3) is 3.58. The van der Waals surface area contributed by atoms with E-state index in [1.54, 1.807) is 36.4 Å². The Morgan fingerprint density at radius 1 is 1.03 bits per heavy atom. The van der Waals surface area contributed by atoms with Crippen LogP contribution in [0, 0.1) is 6.92 Å². The Kier molecular flexibility index (Phi) is 5.39. The van der Waals surface area contributed by atoms with Gasteiger partial charge in [0.05, 0.1) is 28.3 Å². The van der Waals surface area contributed by atoms with Crippen LogP contribution in [0.2, 0.25) is 10.0 Å². The molecule has 2 aliphatic heterocycles. The van der Waals surface area contributed by atoms with Crippen molar-refractivity contribution in [2.75, 3.05) is 11.5 Å². The van der Waals surface area contributed by atoms with Crippen LogP contribution in [-0.2, 0) is 16.0 Å². The molecule has 5 rings (SSSR count). The normalized spacial score (nSPS) is 19.0. The Labute approximate surface area is 200 Å². The molecule has 0 aromatic heterocycles. The van der Waals surface area contributed by atoms with Gasteiger partial charge >= 0.3 is 0 Å². The monoisotopic (exact) mass is 479 g/mol. The molecular formula is C26H19Cl2NO4. The number of rotatable bonds is 3. The van der Waals surface area contributed by atoms with Gasteiger partial charge in [-0.15, -0.1) is 0 Å². The van der Waals surface area contributed by atoms with Gasteiger partial charge in [-0.1, -0.05) is 47.5 Å². The molecule has 0 bridgehead atoms. The molecular weight excluding hydrogens is 461 g/mol. The van der Waals surface area contributed by atoms with E-state index in [2.05, 4.69) is 0 Å². The largest absolute Gasteiger partial charge is 0.507 e.